The molecule has 2 heterocycles. The molecule has 0 saturated carbocycles. The van der Waals surface area contributed by atoms with E-state index >= 15 is 0 Å². The summed E-state index contributed by atoms with van der Waals surface area (Å²) in [6.07, 6.45) is 3.34. The maximum atomic E-state index is 12.3. The Morgan fingerprint density at radius 2 is 2.10 bits per heavy atom. The van der Waals surface area contributed by atoms with Crippen molar-refractivity contribution in [3.8, 4) is 0 Å². The van der Waals surface area contributed by atoms with Crippen LogP contribution in [0.5, 0.6) is 0 Å². The average Bonchev–Trinajstić information content (AvgIpc) is 2.36. The normalized spacial score (nSPS) is 11.6. The van der Waals surface area contributed by atoms with Crippen LogP contribution in [0.15, 0.2) is 23.3 Å². The predicted molar refractivity (Wildman–Crippen MR) is 76.8 cm³/mol. The highest BCUT2D eigenvalue weighted by molar-refractivity contribution is 5.87. The molecular weight excluding hydrogens is 256 g/mol. The van der Waals surface area contributed by atoms with Gasteiger partial charge in [-0.1, -0.05) is 20.8 Å². The molecule has 0 fully saturated rings. The van der Waals surface area contributed by atoms with Gasteiger partial charge in [0.25, 0.3) is 5.56 Å². The first-order valence-electron chi connectivity index (χ1n) is 6.40. The third-order valence-electron chi connectivity index (χ3n) is 3.22. The molecule has 20 heavy (non-hydrogen) atoms. The van der Waals surface area contributed by atoms with Crippen molar-refractivity contribution in [3.05, 3.63) is 39.9 Å². The first-order valence-corrected chi connectivity index (χ1v) is 6.40. The van der Waals surface area contributed by atoms with Gasteiger partial charge in [-0.3, -0.25) is 14.6 Å². The number of esters is 1. The molecule has 106 valence electrons. The molecule has 2 rings (SSSR count). The Bertz CT molecular complexity index is 711. The van der Waals surface area contributed by atoms with E-state index in [1.54, 1.807) is 18.5 Å². The molecule has 5 heteroatoms. The Hall–Kier alpha value is -2.17. The van der Waals surface area contributed by atoms with Crippen molar-refractivity contribution >= 4 is 16.9 Å². The Balaban J connectivity index is 2.82. The number of carbonyl (C=O) groups excluding carboxylic acids is 1. The molecule has 0 spiro atoms. The fraction of sp³-hybridized carbons (Fsp3) is 0.400. The number of pyridine rings is 2. The minimum Gasteiger partial charge on any atom is -0.469 e. The molecule has 0 bridgehead atoms. The topological polar surface area (TPSA) is 72.1 Å². The number of aromatic amines is 1. The summed E-state index contributed by atoms with van der Waals surface area (Å²) in [6.45, 7) is 5.83. The number of nitrogens with one attached hydrogen (secondary N) is 1. The van der Waals surface area contributed by atoms with Crippen LogP contribution in [-0.2, 0) is 21.4 Å². The van der Waals surface area contributed by atoms with Crippen LogP contribution in [0.1, 0.15) is 31.9 Å². The van der Waals surface area contributed by atoms with Crippen LogP contribution in [0.3, 0.4) is 0 Å². The van der Waals surface area contributed by atoms with Crippen molar-refractivity contribution < 1.29 is 9.53 Å². The number of hydrogen-bond donors (Lipinski definition) is 1. The summed E-state index contributed by atoms with van der Waals surface area (Å²) in [6, 6.07) is 1.73. The first kappa shape index (κ1) is 14.2. The van der Waals surface area contributed by atoms with Gasteiger partial charge in [0, 0.05) is 23.3 Å². The zero-order valence-electron chi connectivity index (χ0n) is 12.1. The van der Waals surface area contributed by atoms with Crippen LogP contribution in [0.4, 0.5) is 0 Å². The highest BCUT2D eigenvalue weighted by Crippen LogP contribution is 2.27. The molecule has 2 aromatic heterocycles. The Labute approximate surface area is 117 Å². The van der Waals surface area contributed by atoms with Gasteiger partial charge in [0.05, 0.1) is 19.0 Å². The van der Waals surface area contributed by atoms with Gasteiger partial charge in [0.1, 0.15) is 0 Å². The molecule has 5 nitrogen and oxygen atoms in total. The lowest BCUT2D eigenvalue weighted by Crippen LogP contribution is -2.28. The van der Waals surface area contributed by atoms with Crippen molar-refractivity contribution in [1.82, 2.24) is 9.97 Å². The van der Waals surface area contributed by atoms with Gasteiger partial charge in [-0.25, -0.2) is 0 Å². The molecule has 0 aliphatic heterocycles. The largest absolute Gasteiger partial charge is 0.469 e. The number of rotatable bonds is 2. The number of carbonyl (C=O) groups is 1. The van der Waals surface area contributed by atoms with Crippen LogP contribution in [0.25, 0.3) is 10.9 Å². The Morgan fingerprint density at radius 1 is 1.40 bits per heavy atom. The van der Waals surface area contributed by atoms with Crippen molar-refractivity contribution in [2.45, 2.75) is 32.6 Å². The van der Waals surface area contributed by atoms with E-state index in [9.17, 15) is 9.59 Å². The lowest BCUT2D eigenvalue weighted by atomic mass is 9.82. The van der Waals surface area contributed by atoms with Gasteiger partial charge in [-0.15, -0.1) is 0 Å². The van der Waals surface area contributed by atoms with E-state index in [-0.39, 0.29) is 23.4 Å². The van der Waals surface area contributed by atoms with E-state index in [0.717, 1.165) is 5.39 Å². The van der Waals surface area contributed by atoms with Crippen LogP contribution < -0.4 is 5.56 Å². The first-order chi connectivity index (χ1) is 9.34. The zero-order chi connectivity index (χ0) is 14.9. The smallest absolute Gasteiger partial charge is 0.310 e. The molecular formula is C15H18N2O3. The summed E-state index contributed by atoms with van der Waals surface area (Å²) in [5.41, 5.74) is 1.42. The zero-order valence-corrected chi connectivity index (χ0v) is 12.1. The van der Waals surface area contributed by atoms with Crippen LogP contribution in [-0.4, -0.2) is 23.0 Å². The number of nitrogens with zero attached hydrogens (tertiary/aromatic N) is 1. The molecule has 0 aromatic carbocycles. The van der Waals surface area contributed by atoms with E-state index in [2.05, 4.69) is 9.97 Å². The van der Waals surface area contributed by atoms with Gasteiger partial charge in [-0.2, -0.15) is 0 Å². The minimum atomic E-state index is -0.374. The quantitative estimate of drug-likeness (QED) is 0.849. The highest BCUT2D eigenvalue weighted by Gasteiger charge is 2.25. The molecule has 0 saturated heterocycles. The van der Waals surface area contributed by atoms with Gasteiger partial charge in [-0.05, 0) is 17.0 Å². The molecule has 0 radical (unpaired) electrons. The van der Waals surface area contributed by atoms with Gasteiger partial charge >= 0.3 is 5.97 Å². The van der Waals surface area contributed by atoms with E-state index in [0.29, 0.717) is 16.6 Å². The van der Waals surface area contributed by atoms with Crippen molar-refractivity contribution in [2.24, 2.45) is 0 Å². The third kappa shape index (κ3) is 2.57. The molecule has 0 aliphatic carbocycles. The summed E-state index contributed by atoms with van der Waals surface area (Å²) >= 11 is 0. The second kappa shape index (κ2) is 5.07. The molecule has 0 amide bonds. The second-order valence-corrected chi connectivity index (χ2v) is 5.73. The highest BCUT2D eigenvalue weighted by atomic mass is 16.5. The lowest BCUT2D eigenvalue weighted by molar-refractivity contribution is -0.139. The van der Waals surface area contributed by atoms with Crippen LogP contribution in [0, 0.1) is 0 Å². The van der Waals surface area contributed by atoms with Crippen molar-refractivity contribution in [2.75, 3.05) is 7.11 Å². The number of fused-ring (bicyclic) bond motifs is 1. The standard InChI is InChI=1S/C15H18N2O3/c1-15(2,3)13-9(7-12(18)20-4)10-8-16-6-5-11(10)17-14(13)19/h5-6,8H,7H2,1-4H3,(H,17,19). The minimum absolute atomic E-state index is 0.0647. The number of hydrogen-bond acceptors (Lipinski definition) is 4. The van der Waals surface area contributed by atoms with E-state index in [1.807, 2.05) is 20.8 Å². The fourth-order valence-corrected chi connectivity index (χ4v) is 2.39. The third-order valence-corrected chi connectivity index (χ3v) is 3.22. The average molecular weight is 274 g/mol. The second-order valence-electron chi connectivity index (χ2n) is 5.73. The van der Waals surface area contributed by atoms with Crippen LogP contribution in [0.2, 0.25) is 0 Å². The summed E-state index contributed by atoms with van der Waals surface area (Å²) in [5, 5.41) is 0.780. The maximum Gasteiger partial charge on any atom is 0.310 e. The number of ether oxygens (including phenoxy) is 1. The SMILES string of the molecule is COC(=O)Cc1c(C(C)(C)C)c(=O)[nH]c2ccncc12. The number of aromatic nitrogens is 2. The van der Waals surface area contributed by atoms with Gasteiger partial charge in [0.15, 0.2) is 0 Å². The Kier molecular flexibility index (Phi) is 3.61. The number of methoxy groups -OCH3 is 1. The van der Waals surface area contributed by atoms with Crippen LogP contribution >= 0.6 is 0 Å². The fourth-order valence-electron chi connectivity index (χ4n) is 2.39. The number of H-pyrrole nitrogens is 1. The monoisotopic (exact) mass is 274 g/mol. The maximum absolute atomic E-state index is 12.3. The Morgan fingerprint density at radius 3 is 2.70 bits per heavy atom. The van der Waals surface area contributed by atoms with Crippen molar-refractivity contribution in [3.63, 3.8) is 0 Å². The predicted octanol–water partition coefficient (Wildman–Crippen LogP) is 1.94. The molecule has 0 unspecified atom stereocenters. The molecule has 0 aliphatic rings. The summed E-state index contributed by atoms with van der Waals surface area (Å²) in [5.74, 6) is -0.369. The van der Waals surface area contributed by atoms with E-state index in [4.69, 9.17) is 4.74 Å². The van der Waals surface area contributed by atoms with E-state index in [1.165, 1.54) is 7.11 Å². The summed E-state index contributed by atoms with van der Waals surface area (Å²) in [7, 11) is 1.34. The molecule has 2 aromatic rings. The summed E-state index contributed by atoms with van der Waals surface area (Å²) < 4.78 is 4.74. The van der Waals surface area contributed by atoms with E-state index < -0.39 is 0 Å². The van der Waals surface area contributed by atoms with Gasteiger partial charge < -0.3 is 9.72 Å². The molecule has 1 N–H and O–H groups in total. The van der Waals surface area contributed by atoms with Crippen molar-refractivity contribution in [1.29, 1.82) is 0 Å². The summed E-state index contributed by atoms with van der Waals surface area (Å²) in [4.78, 5) is 30.9. The van der Waals surface area contributed by atoms with Gasteiger partial charge in [0.2, 0.25) is 0 Å². The lowest BCUT2D eigenvalue weighted by Gasteiger charge is -2.22. The molecule has 0 atom stereocenters.